The van der Waals surface area contributed by atoms with E-state index in [2.05, 4.69) is 20.9 Å². The summed E-state index contributed by atoms with van der Waals surface area (Å²) in [4.78, 5) is 14.8. The van der Waals surface area contributed by atoms with E-state index in [4.69, 9.17) is 4.74 Å². The molecule has 0 aliphatic heterocycles. The number of fused-ring (bicyclic) bond motifs is 1. The first-order chi connectivity index (χ1) is 7.22. The average molecular weight is 268 g/mol. The topological polar surface area (TPSA) is 42.1 Å². The normalized spacial score (nSPS) is 10.5. The summed E-state index contributed by atoms with van der Waals surface area (Å²) in [5, 5.41) is 0.635. The minimum atomic E-state index is -0.0229. The molecule has 0 spiro atoms. The first-order valence-electron chi connectivity index (χ1n) is 4.66. The SMILES string of the molecule is CCOc1ccc2[nH]cc(Br)c(=O)c2c1. The Balaban J connectivity index is 2.68. The third-order valence-corrected chi connectivity index (χ3v) is 2.71. The van der Waals surface area contributed by atoms with Crippen LogP contribution in [0, 0.1) is 0 Å². The maximum atomic E-state index is 11.8. The Morgan fingerprint density at radius 2 is 2.27 bits per heavy atom. The number of hydrogen-bond donors (Lipinski definition) is 1. The van der Waals surface area contributed by atoms with E-state index in [0.717, 1.165) is 5.52 Å². The number of halogens is 1. The van der Waals surface area contributed by atoms with E-state index in [1.54, 1.807) is 12.3 Å². The fourth-order valence-electron chi connectivity index (χ4n) is 1.43. The standard InChI is InChI=1S/C11H10BrNO2/c1-2-15-7-3-4-10-8(5-7)11(14)9(12)6-13-10/h3-6H,2H2,1H3,(H,13,14). The van der Waals surface area contributed by atoms with E-state index in [1.807, 2.05) is 19.1 Å². The zero-order valence-electron chi connectivity index (χ0n) is 8.21. The van der Waals surface area contributed by atoms with Crippen LogP contribution < -0.4 is 10.2 Å². The molecular weight excluding hydrogens is 258 g/mol. The molecule has 4 heteroatoms. The molecule has 1 heterocycles. The van der Waals surface area contributed by atoms with Gasteiger partial charge in [-0.2, -0.15) is 0 Å². The van der Waals surface area contributed by atoms with Crippen LogP contribution >= 0.6 is 15.9 Å². The van der Waals surface area contributed by atoms with Crippen LogP contribution in [0.3, 0.4) is 0 Å². The molecule has 1 aromatic carbocycles. The zero-order chi connectivity index (χ0) is 10.8. The molecule has 0 aliphatic carbocycles. The number of hydrogen-bond acceptors (Lipinski definition) is 2. The quantitative estimate of drug-likeness (QED) is 0.909. The number of pyridine rings is 1. The second kappa shape index (κ2) is 4.06. The van der Waals surface area contributed by atoms with E-state index in [-0.39, 0.29) is 5.43 Å². The van der Waals surface area contributed by atoms with Crippen LogP contribution in [0.15, 0.2) is 33.7 Å². The van der Waals surface area contributed by atoms with Crippen molar-refractivity contribution in [3.63, 3.8) is 0 Å². The van der Waals surface area contributed by atoms with Crippen LogP contribution in [0.4, 0.5) is 0 Å². The molecular formula is C11H10BrNO2. The van der Waals surface area contributed by atoms with E-state index in [0.29, 0.717) is 22.2 Å². The molecule has 2 rings (SSSR count). The summed E-state index contributed by atoms with van der Waals surface area (Å²) in [5.74, 6) is 0.716. The minimum absolute atomic E-state index is 0.0229. The van der Waals surface area contributed by atoms with E-state index >= 15 is 0 Å². The molecule has 3 nitrogen and oxygen atoms in total. The van der Waals surface area contributed by atoms with Crippen LogP contribution in [0.1, 0.15) is 6.92 Å². The number of rotatable bonds is 2. The summed E-state index contributed by atoms with van der Waals surface area (Å²) < 4.78 is 5.87. The maximum absolute atomic E-state index is 11.8. The van der Waals surface area contributed by atoms with Gasteiger partial charge in [0.2, 0.25) is 5.43 Å². The lowest BCUT2D eigenvalue weighted by atomic mass is 10.2. The second-order valence-corrected chi connectivity index (χ2v) is 3.96. The summed E-state index contributed by atoms with van der Waals surface area (Å²) in [7, 11) is 0. The second-order valence-electron chi connectivity index (χ2n) is 3.11. The molecule has 0 atom stereocenters. The average Bonchev–Trinajstić information content (AvgIpc) is 2.25. The number of nitrogens with one attached hydrogen (secondary N) is 1. The Labute approximate surface area is 95.2 Å². The first kappa shape index (κ1) is 10.2. The van der Waals surface area contributed by atoms with Crippen molar-refractivity contribution >= 4 is 26.8 Å². The molecule has 15 heavy (non-hydrogen) atoms. The lowest BCUT2D eigenvalue weighted by Gasteiger charge is -2.04. The lowest BCUT2D eigenvalue weighted by Crippen LogP contribution is -2.03. The molecule has 0 fully saturated rings. The van der Waals surface area contributed by atoms with Crippen molar-refractivity contribution in [2.45, 2.75) is 6.92 Å². The summed E-state index contributed by atoms with van der Waals surface area (Å²) in [6.45, 7) is 2.51. The fraction of sp³-hybridized carbons (Fsp3) is 0.182. The highest BCUT2D eigenvalue weighted by Crippen LogP contribution is 2.18. The fourth-order valence-corrected chi connectivity index (χ4v) is 1.76. The monoisotopic (exact) mass is 267 g/mol. The number of aromatic amines is 1. The molecule has 0 radical (unpaired) electrons. The Bertz CT molecular complexity index is 548. The first-order valence-corrected chi connectivity index (χ1v) is 5.45. The lowest BCUT2D eigenvalue weighted by molar-refractivity contribution is 0.340. The van der Waals surface area contributed by atoms with Crippen molar-refractivity contribution in [2.24, 2.45) is 0 Å². The van der Waals surface area contributed by atoms with Gasteiger partial charge in [-0.1, -0.05) is 0 Å². The van der Waals surface area contributed by atoms with Gasteiger partial charge in [-0.05, 0) is 41.1 Å². The molecule has 2 aromatic rings. The number of benzene rings is 1. The van der Waals surface area contributed by atoms with Crippen LogP contribution in [-0.2, 0) is 0 Å². The molecule has 1 N–H and O–H groups in total. The molecule has 0 saturated carbocycles. The van der Waals surface area contributed by atoms with Crippen LogP contribution in [0.25, 0.3) is 10.9 Å². The van der Waals surface area contributed by atoms with E-state index in [1.165, 1.54) is 0 Å². The minimum Gasteiger partial charge on any atom is -0.494 e. The predicted molar refractivity (Wildman–Crippen MR) is 63.4 cm³/mol. The third kappa shape index (κ3) is 1.90. The van der Waals surface area contributed by atoms with Gasteiger partial charge >= 0.3 is 0 Å². The largest absolute Gasteiger partial charge is 0.494 e. The van der Waals surface area contributed by atoms with Crippen LogP contribution in [0.5, 0.6) is 5.75 Å². The van der Waals surface area contributed by atoms with Crippen molar-refractivity contribution in [2.75, 3.05) is 6.61 Å². The third-order valence-electron chi connectivity index (χ3n) is 2.12. The Kier molecular flexibility index (Phi) is 2.77. The highest BCUT2D eigenvalue weighted by Gasteiger charge is 2.03. The van der Waals surface area contributed by atoms with Gasteiger partial charge in [0.05, 0.1) is 16.5 Å². The Morgan fingerprint density at radius 1 is 1.47 bits per heavy atom. The molecule has 1 aromatic heterocycles. The van der Waals surface area contributed by atoms with Crippen molar-refractivity contribution in [1.29, 1.82) is 0 Å². The van der Waals surface area contributed by atoms with Gasteiger partial charge in [0.1, 0.15) is 5.75 Å². The van der Waals surface area contributed by atoms with Gasteiger partial charge < -0.3 is 9.72 Å². The van der Waals surface area contributed by atoms with E-state index < -0.39 is 0 Å². The highest BCUT2D eigenvalue weighted by molar-refractivity contribution is 9.10. The predicted octanol–water partition coefficient (Wildman–Crippen LogP) is 2.69. The van der Waals surface area contributed by atoms with Gasteiger partial charge in [0.15, 0.2) is 0 Å². The van der Waals surface area contributed by atoms with Gasteiger partial charge in [-0.25, -0.2) is 0 Å². The number of aromatic nitrogens is 1. The van der Waals surface area contributed by atoms with E-state index in [9.17, 15) is 4.79 Å². The van der Waals surface area contributed by atoms with Crippen LogP contribution in [-0.4, -0.2) is 11.6 Å². The summed E-state index contributed by atoms with van der Waals surface area (Å²) in [6.07, 6.45) is 1.64. The molecule has 0 amide bonds. The van der Waals surface area contributed by atoms with Crippen LogP contribution in [0.2, 0.25) is 0 Å². The summed E-state index contributed by atoms with van der Waals surface area (Å²) >= 11 is 3.20. The molecule has 0 unspecified atom stereocenters. The smallest absolute Gasteiger partial charge is 0.203 e. The summed E-state index contributed by atoms with van der Waals surface area (Å²) in [6, 6.07) is 5.44. The van der Waals surface area contributed by atoms with Gasteiger partial charge in [-0.3, -0.25) is 4.79 Å². The Morgan fingerprint density at radius 3 is 3.00 bits per heavy atom. The van der Waals surface area contributed by atoms with Gasteiger partial charge in [0, 0.05) is 11.7 Å². The number of ether oxygens (including phenoxy) is 1. The number of H-pyrrole nitrogens is 1. The van der Waals surface area contributed by atoms with Gasteiger partial charge in [-0.15, -0.1) is 0 Å². The highest BCUT2D eigenvalue weighted by atomic mass is 79.9. The summed E-state index contributed by atoms with van der Waals surface area (Å²) in [5.41, 5.74) is 0.789. The Hall–Kier alpha value is -1.29. The van der Waals surface area contributed by atoms with Gasteiger partial charge in [0.25, 0.3) is 0 Å². The molecule has 0 aliphatic rings. The van der Waals surface area contributed by atoms with Crippen molar-refractivity contribution < 1.29 is 4.74 Å². The zero-order valence-corrected chi connectivity index (χ0v) is 9.80. The van der Waals surface area contributed by atoms with Crippen molar-refractivity contribution in [1.82, 2.24) is 4.98 Å². The molecule has 0 saturated heterocycles. The van der Waals surface area contributed by atoms with Crippen molar-refractivity contribution in [3.05, 3.63) is 39.1 Å². The maximum Gasteiger partial charge on any atom is 0.203 e. The molecule has 78 valence electrons. The molecule has 0 bridgehead atoms. The van der Waals surface area contributed by atoms with Crippen molar-refractivity contribution in [3.8, 4) is 5.75 Å².